The third kappa shape index (κ3) is 3.06. The standard InChI is InChI=1S/C12H17NO3S/c1-5-12(14)13-17(15,16)11-7-9(3)8(2)6-10(11)4/h6-7H,5H2,1-4H3,(H,13,14). The van der Waals surface area contributed by atoms with Gasteiger partial charge in [0.25, 0.3) is 10.0 Å². The van der Waals surface area contributed by atoms with E-state index in [9.17, 15) is 13.2 Å². The number of carbonyl (C=O) groups excluding carboxylic acids is 1. The largest absolute Gasteiger partial charge is 0.274 e. The lowest BCUT2D eigenvalue weighted by Gasteiger charge is -2.11. The number of aryl methyl sites for hydroxylation is 3. The van der Waals surface area contributed by atoms with Gasteiger partial charge in [0, 0.05) is 6.42 Å². The molecule has 0 saturated heterocycles. The van der Waals surface area contributed by atoms with Gasteiger partial charge in [-0.25, -0.2) is 13.1 Å². The van der Waals surface area contributed by atoms with Crippen LogP contribution in [-0.2, 0) is 14.8 Å². The zero-order chi connectivity index (χ0) is 13.2. The summed E-state index contributed by atoms with van der Waals surface area (Å²) < 4.78 is 26.0. The van der Waals surface area contributed by atoms with Gasteiger partial charge in [-0.3, -0.25) is 4.79 Å². The van der Waals surface area contributed by atoms with Crippen LogP contribution in [0.5, 0.6) is 0 Å². The summed E-state index contributed by atoms with van der Waals surface area (Å²) in [5.41, 5.74) is 2.56. The van der Waals surface area contributed by atoms with E-state index in [2.05, 4.69) is 0 Å². The second-order valence-electron chi connectivity index (χ2n) is 4.08. The Hall–Kier alpha value is -1.36. The number of hydrogen-bond acceptors (Lipinski definition) is 3. The SMILES string of the molecule is CCC(=O)NS(=O)(=O)c1cc(C)c(C)cc1C. The smallest absolute Gasteiger partial charge is 0.264 e. The summed E-state index contributed by atoms with van der Waals surface area (Å²) in [4.78, 5) is 11.3. The van der Waals surface area contributed by atoms with E-state index in [1.807, 2.05) is 18.6 Å². The second kappa shape index (κ2) is 4.87. The van der Waals surface area contributed by atoms with Crippen LogP contribution in [0.25, 0.3) is 0 Å². The first-order chi connectivity index (χ1) is 7.77. The first-order valence-electron chi connectivity index (χ1n) is 5.41. The molecule has 0 bridgehead atoms. The predicted molar refractivity (Wildman–Crippen MR) is 66.3 cm³/mol. The van der Waals surface area contributed by atoms with Crippen molar-refractivity contribution < 1.29 is 13.2 Å². The predicted octanol–water partition coefficient (Wildman–Crippen LogP) is 1.83. The fourth-order valence-corrected chi connectivity index (χ4v) is 2.87. The zero-order valence-corrected chi connectivity index (χ0v) is 11.3. The molecule has 0 unspecified atom stereocenters. The maximum absolute atomic E-state index is 12.0. The van der Waals surface area contributed by atoms with Crippen molar-refractivity contribution in [1.82, 2.24) is 4.72 Å². The average molecular weight is 255 g/mol. The van der Waals surface area contributed by atoms with Gasteiger partial charge in [0.05, 0.1) is 4.90 Å². The van der Waals surface area contributed by atoms with Gasteiger partial charge in [0.15, 0.2) is 0 Å². The first kappa shape index (κ1) is 13.7. The Kier molecular flexibility index (Phi) is 3.93. The quantitative estimate of drug-likeness (QED) is 0.896. The van der Waals surface area contributed by atoms with Crippen LogP contribution < -0.4 is 4.72 Å². The van der Waals surface area contributed by atoms with Crippen molar-refractivity contribution in [2.45, 2.75) is 39.0 Å². The van der Waals surface area contributed by atoms with Gasteiger partial charge in [-0.15, -0.1) is 0 Å². The molecule has 0 saturated carbocycles. The van der Waals surface area contributed by atoms with E-state index < -0.39 is 15.9 Å². The fourth-order valence-electron chi connectivity index (χ4n) is 1.50. The van der Waals surface area contributed by atoms with Crippen molar-refractivity contribution in [2.24, 2.45) is 0 Å². The number of hydrogen-bond donors (Lipinski definition) is 1. The van der Waals surface area contributed by atoms with E-state index in [0.717, 1.165) is 11.1 Å². The van der Waals surface area contributed by atoms with Crippen molar-refractivity contribution in [3.8, 4) is 0 Å². The Morgan fingerprint density at radius 2 is 1.65 bits per heavy atom. The Balaban J connectivity index is 3.25. The number of benzene rings is 1. The van der Waals surface area contributed by atoms with Crippen LogP contribution in [0, 0.1) is 20.8 Å². The number of amides is 1. The lowest BCUT2D eigenvalue weighted by Crippen LogP contribution is -2.30. The number of carbonyl (C=O) groups is 1. The van der Waals surface area contributed by atoms with Crippen LogP contribution >= 0.6 is 0 Å². The Morgan fingerprint density at radius 1 is 1.12 bits per heavy atom. The highest BCUT2D eigenvalue weighted by Gasteiger charge is 2.19. The van der Waals surface area contributed by atoms with Gasteiger partial charge in [-0.1, -0.05) is 13.0 Å². The summed E-state index contributed by atoms with van der Waals surface area (Å²) in [5, 5.41) is 0. The third-order valence-electron chi connectivity index (χ3n) is 2.65. The molecule has 1 rings (SSSR count). The molecule has 1 aromatic carbocycles. The molecule has 1 aromatic rings. The zero-order valence-electron chi connectivity index (χ0n) is 10.5. The highest BCUT2D eigenvalue weighted by molar-refractivity contribution is 7.90. The first-order valence-corrected chi connectivity index (χ1v) is 6.89. The van der Waals surface area contributed by atoms with Gasteiger partial charge >= 0.3 is 0 Å². The van der Waals surface area contributed by atoms with Gasteiger partial charge in [0.2, 0.25) is 5.91 Å². The molecule has 1 N–H and O–H groups in total. The summed E-state index contributed by atoms with van der Waals surface area (Å²) >= 11 is 0. The maximum atomic E-state index is 12.0. The summed E-state index contributed by atoms with van der Waals surface area (Å²) in [6.45, 7) is 7.09. The van der Waals surface area contributed by atoms with Crippen LogP contribution in [-0.4, -0.2) is 14.3 Å². The van der Waals surface area contributed by atoms with Crippen molar-refractivity contribution in [1.29, 1.82) is 0 Å². The van der Waals surface area contributed by atoms with Gasteiger partial charge in [0.1, 0.15) is 0 Å². The number of rotatable bonds is 3. The maximum Gasteiger partial charge on any atom is 0.264 e. The highest BCUT2D eigenvalue weighted by Crippen LogP contribution is 2.19. The molecular weight excluding hydrogens is 238 g/mol. The summed E-state index contributed by atoms with van der Waals surface area (Å²) in [6.07, 6.45) is 0.142. The molecule has 1 amide bonds. The molecule has 0 aliphatic rings. The molecule has 5 heteroatoms. The average Bonchev–Trinajstić information content (AvgIpc) is 2.22. The summed E-state index contributed by atoms with van der Waals surface area (Å²) in [7, 11) is -3.74. The van der Waals surface area contributed by atoms with Crippen LogP contribution in [0.15, 0.2) is 17.0 Å². The van der Waals surface area contributed by atoms with Gasteiger partial charge in [-0.2, -0.15) is 0 Å². The molecule has 0 aromatic heterocycles. The minimum Gasteiger partial charge on any atom is -0.274 e. The van der Waals surface area contributed by atoms with E-state index in [4.69, 9.17) is 0 Å². The molecule has 0 fully saturated rings. The van der Waals surface area contributed by atoms with E-state index >= 15 is 0 Å². The Bertz CT molecular complexity index is 547. The van der Waals surface area contributed by atoms with E-state index in [-0.39, 0.29) is 11.3 Å². The second-order valence-corrected chi connectivity index (χ2v) is 5.74. The molecule has 17 heavy (non-hydrogen) atoms. The minimum absolute atomic E-state index is 0.142. The molecule has 0 heterocycles. The summed E-state index contributed by atoms with van der Waals surface area (Å²) in [6, 6.07) is 3.40. The van der Waals surface area contributed by atoms with Gasteiger partial charge < -0.3 is 0 Å². The van der Waals surface area contributed by atoms with E-state index in [1.54, 1.807) is 26.0 Å². The van der Waals surface area contributed by atoms with Crippen LogP contribution in [0.3, 0.4) is 0 Å². The molecule has 0 atom stereocenters. The monoisotopic (exact) mass is 255 g/mol. The van der Waals surface area contributed by atoms with Gasteiger partial charge in [-0.05, 0) is 43.5 Å². The topological polar surface area (TPSA) is 63.2 Å². The lowest BCUT2D eigenvalue weighted by molar-refractivity contribution is -0.119. The fraction of sp³-hybridized carbons (Fsp3) is 0.417. The van der Waals surface area contributed by atoms with Crippen molar-refractivity contribution >= 4 is 15.9 Å². The molecular formula is C12H17NO3S. The van der Waals surface area contributed by atoms with Crippen LogP contribution in [0.4, 0.5) is 0 Å². The normalized spacial score (nSPS) is 11.3. The Morgan fingerprint density at radius 3 is 2.18 bits per heavy atom. The van der Waals surface area contributed by atoms with Crippen LogP contribution in [0.1, 0.15) is 30.0 Å². The number of sulfonamides is 1. The molecule has 0 spiro atoms. The van der Waals surface area contributed by atoms with Crippen molar-refractivity contribution in [3.05, 3.63) is 28.8 Å². The number of nitrogens with one attached hydrogen (secondary N) is 1. The van der Waals surface area contributed by atoms with Crippen molar-refractivity contribution in [2.75, 3.05) is 0 Å². The van der Waals surface area contributed by atoms with E-state index in [0.29, 0.717) is 5.56 Å². The van der Waals surface area contributed by atoms with Crippen molar-refractivity contribution in [3.63, 3.8) is 0 Å². The molecule has 94 valence electrons. The lowest BCUT2D eigenvalue weighted by atomic mass is 10.1. The molecule has 0 radical (unpaired) electrons. The van der Waals surface area contributed by atoms with Crippen LogP contribution in [0.2, 0.25) is 0 Å². The molecule has 0 aliphatic carbocycles. The minimum atomic E-state index is -3.74. The van der Waals surface area contributed by atoms with E-state index in [1.165, 1.54) is 0 Å². The Labute approximate surface area is 102 Å². The molecule has 4 nitrogen and oxygen atoms in total. The highest BCUT2D eigenvalue weighted by atomic mass is 32.2. The third-order valence-corrected chi connectivity index (χ3v) is 4.17. The summed E-state index contributed by atoms with van der Waals surface area (Å²) in [5.74, 6) is -0.498. The molecule has 0 aliphatic heterocycles.